The number of aryl methyl sites for hydroxylation is 1. The smallest absolute Gasteiger partial charge is 0.253 e. The molecule has 1 saturated heterocycles. The summed E-state index contributed by atoms with van der Waals surface area (Å²) < 4.78 is 5.57. The molecule has 1 aliphatic heterocycles. The quantitative estimate of drug-likeness (QED) is 0.937. The van der Waals surface area contributed by atoms with E-state index in [0.717, 1.165) is 12.0 Å². The van der Waals surface area contributed by atoms with E-state index in [9.17, 15) is 4.79 Å². The topological polar surface area (TPSA) is 51.2 Å². The van der Waals surface area contributed by atoms with Crippen molar-refractivity contribution in [3.63, 3.8) is 0 Å². The van der Waals surface area contributed by atoms with Crippen LogP contribution >= 0.6 is 11.6 Å². The lowest BCUT2D eigenvalue weighted by Crippen LogP contribution is -2.40. The van der Waals surface area contributed by atoms with Crippen LogP contribution in [0, 0.1) is 12.8 Å². The molecule has 1 fully saturated rings. The van der Waals surface area contributed by atoms with Gasteiger partial charge in [-0.1, -0.05) is 23.2 Å². The number of benzene rings is 1. The maximum atomic E-state index is 12.5. The van der Waals surface area contributed by atoms with E-state index in [1.165, 1.54) is 5.56 Å². The average Bonchev–Trinajstić information content (AvgIpc) is 2.97. The zero-order valence-electron chi connectivity index (χ0n) is 13.0. The largest absolute Gasteiger partial charge is 0.379 e. The van der Waals surface area contributed by atoms with Gasteiger partial charge >= 0.3 is 0 Å². The van der Waals surface area contributed by atoms with E-state index in [2.05, 4.69) is 10.3 Å². The van der Waals surface area contributed by atoms with Gasteiger partial charge in [-0.25, -0.2) is 0 Å². The maximum absolute atomic E-state index is 12.5. The lowest BCUT2D eigenvalue weighted by atomic mass is 9.95. The van der Waals surface area contributed by atoms with Crippen molar-refractivity contribution in [2.75, 3.05) is 13.2 Å². The van der Waals surface area contributed by atoms with E-state index in [-0.39, 0.29) is 17.9 Å². The molecule has 0 unspecified atom stereocenters. The molecule has 5 heteroatoms. The number of rotatable bonds is 4. The van der Waals surface area contributed by atoms with Crippen molar-refractivity contribution < 1.29 is 9.53 Å². The van der Waals surface area contributed by atoms with Gasteiger partial charge in [0.1, 0.15) is 0 Å². The first-order valence-electron chi connectivity index (χ1n) is 7.67. The molecule has 0 saturated carbocycles. The average molecular weight is 331 g/mol. The summed E-state index contributed by atoms with van der Waals surface area (Å²) in [7, 11) is 0. The number of hydrogen-bond acceptors (Lipinski definition) is 3. The SMILES string of the molecule is Cc1ccc(Cl)c(C(=O)N[C@H]2COC[C@H]2Cc2ccncc2)c1. The van der Waals surface area contributed by atoms with Gasteiger partial charge in [-0.05, 0) is 43.2 Å². The molecule has 2 aromatic rings. The minimum atomic E-state index is -0.145. The number of hydrogen-bond donors (Lipinski definition) is 1. The fourth-order valence-electron chi connectivity index (χ4n) is 2.84. The highest BCUT2D eigenvalue weighted by Crippen LogP contribution is 2.21. The molecule has 0 bridgehead atoms. The molecule has 1 aromatic carbocycles. The molecule has 2 atom stereocenters. The van der Waals surface area contributed by atoms with Crippen LogP contribution in [-0.2, 0) is 11.2 Å². The van der Waals surface area contributed by atoms with Crippen LogP contribution in [0.1, 0.15) is 21.5 Å². The van der Waals surface area contributed by atoms with Crippen molar-refractivity contribution in [1.29, 1.82) is 0 Å². The Kier molecular flexibility index (Phi) is 4.94. The van der Waals surface area contributed by atoms with Gasteiger partial charge in [-0.2, -0.15) is 0 Å². The molecule has 1 N–H and O–H groups in total. The Bertz CT molecular complexity index is 691. The van der Waals surface area contributed by atoms with E-state index in [0.29, 0.717) is 23.8 Å². The van der Waals surface area contributed by atoms with E-state index < -0.39 is 0 Å². The van der Waals surface area contributed by atoms with Crippen LogP contribution in [0.2, 0.25) is 5.02 Å². The van der Waals surface area contributed by atoms with E-state index in [1.807, 2.05) is 31.2 Å². The van der Waals surface area contributed by atoms with Gasteiger partial charge in [-0.3, -0.25) is 9.78 Å². The van der Waals surface area contributed by atoms with Gasteiger partial charge in [-0.15, -0.1) is 0 Å². The molecule has 1 amide bonds. The van der Waals surface area contributed by atoms with Gasteiger partial charge in [0.2, 0.25) is 0 Å². The van der Waals surface area contributed by atoms with Crippen molar-refractivity contribution in [3.05, 3.63) is 64.4 Å². The van der Waals surface area contributed by atoms with Crippen LogP contribution in [0.4, 0.5) is 0 Å². The second-order valence-corrected chi connectivity index (χ2v) is 6.33. The lowest BCUT2D eigenvalue weighted by molar-refractivity contribution is 0.0925. The third-order valence-corrected chi connectivity index (χ3v) is 4.46. The van der Waals surface area contributed by atoms with Crippen LogP contribution in [0.15, 0.2) is 42.7 Å². The molecule has 120 valence electrons. The Morgan fingerprint density at radius 1 is 1.30 bits per heavy atom. The summed E-state index contributed by atoms with van der Waals surface area (Å²) in [5.41, 5.74) is 2.72. The predicted molar refractivity (Wildman–Crippen MR) is 89.7 cm³/mol. The highest BCUT2D eigenvalue weighted by Gasteiger charge is 2.30. The number of carbonyl (C=O) groups is 1. The van der Waals surface area contributed by atoms with Crippen LogP contribution in [0.5, 0.6) is 0 Å². The zero-order chi connectivity index (χ0) is 16.2. The molecule has 0 aliphatic carbocycles. The Morgan fingerprint density at radius 2 is 2.09 bits per heavy atom. The first kappa shape index (κ1) is 16.0. The summed E-state index contributed by atoms with van der Waals surface area (Å²) >= 11 is 6.14. The molecular formula is C18H19ClN2O2. The van der Waals surface area contributed by atoms with Gasteiger partial charge in [0.05, 0.1) is 29.8 Å². The van der Waals surface area contributed by atoms with E-state index in [4.69, 9.17) is 16.3 Å². The minimum absolute atomic E-state index is 0.00718. The molecule has 0 spiro atoms. The Labute approximate surface area is 140 Å². The highest BCUT2D eigenvalue weighted by atomic mass is 35.5. The number of pyridine rings is 1. The number of amides is 1. The third kappa shape index (κ3) is 3.89. The number of nitrogens with zero attached hydrogens (tertiary/aromatic N) is 1. The second kappa shape index (κ2) is 7.11. The number of carbonyl (C=O) groups excluding carboxylic acids is 1. The van der Waals surface area contributed by atoms with Crippen LogP contribution in [-0.4, -0.2) is 30.1 Å². The van der Waals surface area contributed by atoms with Crippen LogP contribution < -0.4 is 5.32 Å². The van der Waals surface area contributed by atoms with Gasteiger partial charge in [0, 0.05) is 18.3 Å². The molecule has 1 aromatic heterocycles. The van der Waals surface area contributed by atoms with Crippen molar-refractivity contribution in [1.82, 2.24) is 10.3 Å². The van der Waals surface area contributed by atoms with Gasteiger partial charge < -0.3 is 10.1 Å². The molecular weight excluding hydrogens is 312 g/mol. The highest BCUT2D eigenvalue weighted by molar-refractivity contribution is 6.33. The number of nitrogens with one attached hydrogen (secondary N) is 1. The molecule has 3 rings (SSSR count). The fraction of sp³-hybridized carbons (Fsp3) is 0.333. The first-order chi connectivity index (χ1) is 11.1. The first-order valence-corrected chi connectivity index (χ1v) is 8.05. The molecule has 1 aliphatic rings. The van der Waals surface area contributed by atoms with Gasteiger partial charge in [0.15, 0.2) is 0 Å². The summed E-state index contributed by atoms with van der Waals surface area (Å²) in [6.07, 6.45) is 4.42. The Balaban J connectivity index is 1.68. The van der Waals surface area contributed by atoms with Crippen molar-refractivity contribution >= 4 is 17.5 Å². The molecule has 2 heterocycles. The molecule has 23 heavy (non-hydrogen) atoms. The van der Waals surface area contributed by atoms with Crippen molar-refractivity contribution in [3.8, 4) is 0 Å². The van der Waals surface area contributed by atoms with Gasteiger partial charge in [0.25, 0.3) is 5.91 Å². The zero-order valence-corrected chi connectivity index (χ0v) is 13.7. The summed E-state index contributed by atoms with van der Waals surface area (Å²) in [6, 6.07) is 9.44. The number of aromatic nitrogens is 1. The van der Waals surface area contributed by atoms with Crippen LogP contribution in [0.3, 0.4) is 0 Å². The predicted octanol–water partition coefficient (Wildman–Crippen LogP) is 3.03. The summed E-state index contributed by atoms with van der Waals surface area (Å²) in [6.45, 7) is 3.12. The monoisotopic (exact) mass is 330 g/mol. The maximum Gasteiger partial charge on any atom is 0.253 e. The number of halogens is 1. The van der Waals surface area contributed by atoms with E-state index >= 15 is 0 Å². The van der Waals surface area contributed by atoms with Crippen LogP contribution in [0.25, 0.3) is 0 Å². The normalized spacial score (nSPS) is 20.4. The fourth-order valence-corrected chi connectivity index (χ4v) is 3.04. The Hall–Kier alpha value is -1.91. The summed E-state index contributed by atoms with van der Waals surface area (Å²) in [4.78, 5) is 16.5. The second-order valence-electron chi connectivity index (χ2n) is 5.92. The minimum Gasteiger partial charge on any atom is -0.379 e. The Morgan fingerprint density at radius 3 is 2.87 bits per heavy atom. The summed E-state index contributed by atoms with van der Waals surface area (Å²) in [5, 5.41) is 3.54. The summed E-state index contributed by atoms with van der Waals surface area (Å²) in [5.74, 6) is 0.110. The standard InChI is InChI=1S/C18H19ClN2O2/c1-12-2-3-16(19)15(8-12)18(22)21-17-11-23-10-14(17)9-13-4-6-20-7-5-13/h2-8,14,17H,9-11H2,1H3,(H,21,22)/t14-,17+/m1/s1. The van der Waals surface area contributed by atoms with Crippen molar-refractivity contribution in [2.24, 2.45) is 5.92 Å². The molecule has 4 nitrogen and oxygen atoms in total. The number of ether oxygens (including phenoxy) is 1. The molecule has 0 radical (unpaired) electrons. The van der Waals surface area contributed by atoms with E-state index in [1.54, 1.807) is 18.5 Å². The lowest BCUT2D eigenvalue weighted by Gasteiger charge is -2.19. The van der Waals surface area contributed by atoms with Crippen molar-refractivity contribution in [2.45, 2.75) is 19.4 Å². The third-order valence-electron chi connectivity index (χ3n) is 4.13.